The molecule has 1 aromatic carbocycles. The van der Waals surface area contributed by atoms with Crippen LogP contribution in [0.15, 0.2) is 36.7 Å². The van der Waals surface area contributed by atoms with E-state index in [0.717, 1.165) is 11.3 Å². The van der Waals surface area contributed by atoms with Gasteiger partial charge in [-0.25, -0.2) is 9.97 Å². The Morgan fingerprint density at radius 1 is 1.28 bits per heavy atom. The molecule has 0 radical (unpaired) electrons. The first kappa shape index (κ1) is 11.9. The second-order valence-electron chi connectivity index (χ2n) is 3.56. The predicted molar refractivity (Wildman–Crippen MR) is 67.1 cm³/mol. The molecule has 0 saturated heterocycles. The Bertz CT molecular complexity index is 560. The Balaban J connectivity index is 2.04. The number of nitrogens with one attached hydrogen (secondary N) is 1. The van der Waals surface area contributed by atoms with Crippen molar-refractivity contribution in [2.75, 3.05) is 12.4 Å². The average Bonchev–Trinajstić information content (AvgIpc) is 2.46. The number of ether oxygens (including phenoxy) is 1. The quantitative estimate of drug-likeness (QED) is 0.884. The average molecular weight is 240 g/mol. The van der Waals surface area contributed by atoms with E-state index in [1.807, 2.05) is 30.3 Å². The Morgan fingerprint density at radius 2 is 2.11 bits per heavy atom. The number of anilines is 1. The van der Waals surface area contributed by atoms with E-state index in [1.54, 1.807) is 7.11 Å². The minimum Gasteiger partial charge on any atom is -0.496 e. The summed E-state index contributed by atoms with van der Waals surface area (Å²) in [6.45, 7) is 0.588. The van der Waals surface area contributed by atoms with Gasteiger partial charge >= 0.3 is 0 Å². The molecule has 2 rings (SSSR count). The van der Waals surface area contributed by atoms with Crippen LogP contribution < -0.4 is 10.1 Å². The summed E-state index contributed by atoms with van der Waals surface area (Å²) in [4.78, 5) is 8.02. The number of hydrogen-bond acceptors (Lipinski definition) is 5. The van der Waals surface area contributed by atoms with Crippen molar-refractivity contribution in [3.63, 3.8) is 0 Å². The second-order valence-corrected chi connectivity index (χ2v) is 3.56. The molecule has 0 spiro atoms. The fraction of sp³-hybridized carbons (Fsp3) is 0.154. The van der Waals surface area contributed by atoms with Crippen molar-refractivity contribution in [2.24, 2.45) is 0 Å². The standard InChI is InChI=1S/C13H12N4O/c1-18-12-5-3-2-4-10(12)7-16-13-9-15-11(6-14)8-17-13/h2-5,8-9H,7H2,1H3,(H,16,17). The van der Waals surface area contributed by atoms with Gasteiger partial charge in [-0.2, -0.15) is 5.26 Å². The monoisotopic (exact) mass is 240 g/mol. The highest BCUT2D eigenvalue weighted by Gasteiger charge is 2.02. The van der Waals surface area contributed by atoms with Crippen LogP contribution in [0.3, 0.4) is 0 Å². The molecule has 2 aromatic rings. The summed E-state index contributed by atoms with van der Waals surface area (Å²) in [6, 6.07) is 9.67. The maximum absolute atomic E-state index is 8.62. The van der Waals surface area contributed by atoms with Gasteiger partial charge in [0.1, 0.15) is 17.6 Å². The molecule has 5 heteroatoms. The number of hydrogen-bond donors (Lipinski definition) is 1. The molecule has 18 heavy (non-hydrogen) atoms. The van der Waals surface area contributed by atoms with E-state index >= 15 is 0 Å². The molecule has 1 aromatic heterocycles. The summed E-state index contributed by atoms with van der Waals surface area (Å²) in [5, 5.41) is 11.7. The topological polar surface area (TPSA) is 70.8 Å². The Hall–Kier alpha value is -2.61. The van der Waals surface area contributed by atoms with Crippen LogP contribution in [0.1, 0.15) is 11.3 Å². The molecular formula is C13H12N4O. The zero-order valence-electron chi connectivity index (χ0n) is 9.92. The summed E-state index contributed by atoms with van der Waals surface area (Å²) in [6.07, 6.45) is 2.97. The molecule has 0 aliphatic heterocycles. The Labute approximate surface area is 105 Å². The van der Waals surface area contributed by atoms with Crippen molar-refractivity contribution in [3.05, 3.63) is 47.9 Å². The first-order valence-corrected chi connectivity index (χ1v) is 5.41. The van der Waals surface area contributed by atoms with Crippen molar-refractivity contribution in [1.82, 2.24) is 9.97 Å². The number of benzene rings is 1. The van der Waals surface area contributed by atoms with Gasteiger partial charge in [-0.15, -0.1) is 0 Å². The first-order valence-electron chi connectivity index (χ1n) is 5.41. The number of nitriles is 1. The van der Waals surface area contributed by atoms with E-state index < -0.39 is 0 Å². The number of nitrogens with zero attached hydrogens (tertiary/aromatic N) is 3. The van der Waals surface area contributed by atoms with E-state index in [2.05, 4.69) is 15.3 Å². The smallest absolute Gasteiger partial charge is 0.158 e. The third-order valence-electron chi connectivity index (χ3n) is 2.42. The minimum absolute atomic E-state index is 0.304. The molecule has 1 N–H and O–H groups in total. The maximum Gasteiger partial charge on any atom is 0.158 e. The van der Waals surface area contributed by atoms with Crippen molar-refractivity contribution in [3.8, 4) is 11.8 Å². The van der Waals surface area contributed by atoms with E-state index in [0.29, 0.717) is 18.1 Å². The van der Waals surface area contributed by atoms with E-state index in [4.69, 9.17) is 10.00 Å². The lowest BCUT2D eigenvalue weighted by Crippen LogP contribution is -2.03. The molecule has 0 atom stereocenters. The molecule has 0 amide bonds. The molecule has 90 valence electrons. The van der Waals surface area contributed by atoms with E-state index in [1.165, 1.54) is 12.4 Å². The fourth-order valence-corrected chi connectivity index (χ4v) is 1.51. The van der Waals surface area contributed by atoms with Gasteiger partial charge in [-0.3, -0.25) is 0 Å². The molecule has 0 aliphatic carbocycles. The van der Waals surface area contributed by atoms with Crippen LogP contribution >= 0.6 is 0 Å². The van der Waals surface area contributed by atoms with Crippen molar-refractivity contribution < 1.29 is 4.74 Å². The first-order chi connectivity index (χ1) is 8.83. The number of para-hydroxylation sites is 1. The summed E-state index contributed by atoms with van der Waals surface area (Å²) < 4.78 is 5.25. The van der Waals surface area contributed by atoms with Crippen LogP contribution in [-0.2, 0) is 6.54 Å². The van der Waals surface area contributed by atoms with Crippen LogP contribution in [0.4, 0.5) is 5.82 Å². The highest BCUT2D eigenvalue weighted by atomic mass is 16.5. The van der Waals surface area contributed by atoms with Gasteiger partial charge in [0.25, 0.3) is 0 Å². The lowest BCUT2D eigenvalue weighted by molar-refractivity contribution is 0.410. The van der Waals surface area contributed by atoms with Crippen LogP contribution in [0.25, 0.3) is 0 Å². The molecule has 0 bridgehead atoms. The minimum atomic E-state index is 0.304. The third kappa shape index (κ3) is 2.74. The number of methoxy groups -OCH3 is 1. The van der Waals surface area contributed by atoms with Crippen LogP contribution in [0, 0.1) is 11.3 Å². The van der Waals surface area contributed by atoms with Gasteiger partial charge in [-0.1, -0.05) is 18.2 Å². The van der Waals surface area contributed by atoms with Crippen LogP contribution in [0.2, 0.25) is 0 Å². The number of rotatable bonds is 4. The van der Waals surface area contributed by atoms with Crippen molar-refractivity contribution in [1.29, 1.82) is 5.26 Å². The fourth-order valence-electron chi connectivity index (χ4n) is 1.51. The van der Waals surface area contributed by atoms with Crippen molar-refractivity contribution in [2.45, 2.75) is 6.54 Å². The molecule has 0 aliphatic rings. The lowest BCUT2D eigenvalue weighted by Gasteiger charge is -2.09. The third-order valence-corrected chi connectivity index (χ3v) is 2.42. The molecule has 1 heterocycles. The van der Waals surface area contributed by atoms with Gasteiger partial charge in [0, 0.05) is 12.1 Å². The SMILES string of the molecule is COc1ccccc1CNc1cnc(C#N)cn1. The molecule has 5 nitrogen and oxygen atoms in total. The highest BCUT2D eigenvalue weighted by Crippen LogP contribution is 2.18. The van der Waals surface area contributed by atoms with E-state index in [-0.39, 0.29) is 0 Å². The molecule has 0 saturated carbocycles. The van der Waals surface area contributed by atoms with Gasteiger partial charge in [0.2, 0.25) is 0 Å². The zero-order chi connectivity index (χ0) is 12.8. The highest BCUT2D eigenvalue weighted by molar-refractivity contribution is 5.39. The van der Waals surface area contributed by atoms with Crippen LogP contribution in [-0.4, -0.2) is 17.1 Å². The zero-order valence-corrected chi connectivity index (χ0v) is 9.92. The largest absolute Gasteiger partial charge is 0.496 e. The van der Waals surface area contributed by atoms with Crippen molar-refractivity contribution >= 4 is 5.82 Å². The summed E-state index contributed by atoms with van der Waals surface area (Å²) >= 11 is 0. The van der Waals surface area contributed by atoms with Crippen LogP contribution in [0.5, 0.6) is 5.75 Å². The maximum atomic E-state index is 8.62. The van der Waals surface area contributed by atoms with Gasteiger partial charge in [-0.05, 0) is 6.07 Å². The molecular weight excluding hydrogens is 228 g/mol. The lowest BCUT2D eigenvalue weighted by atomic mass is 10.2. The van der Waals surface area contributed by atoms with Gasteiger partial charge in [0.05, 0.1) is 19.5 Å². The molecule has 0 fully saturated rings. The Kier molecular flexibility index (Phi) is 3.72. The number of aromatic nitrogens is 2. The molecule has 0 unspecified atom stereocenters. The second kappa shape index (κ2) is 5.64. The Morgan fingerprint density at radius 3 is 2.78 bits per heavy atom. The summed E-state index contributed by atoms with van der Waals surface area (Å²) in [5.74, 6) is 1.45. The van der Waals surface area contributed by atoms with Gasteiger partial charge in [0.15, 0.2) is 5.69 Å². The summed E-state index contributed by atoms with van der Waals surface area (Å²) in [7, 11) is 1.64. The van der Waals surface area contributed by atoms with E-state index in [9.17, 15) is 0 Å². The van der Waals surface area contributed by atoms with Gasteiger partial charge < -0.3 is 10.1 Å². The normalized spacial score (nSPS) is 9.56. The summed E-state index contributed by atoms with van der Waals surface area (Å²) in [5.41, 5.74) is 1.34. The predicted octanol–water partition coefficient (Wildman–Crippen LogP) is 1.97.